The molecule has 0 atom stereocenters. The van der Waals surface area contributed by atoms with Crippen molar-refractivity contribution in [2.24, 2.45) is 0 Å². The largest absolute Gasteiger partial charge is 0.490 e. The molecule has 0 saturated carbocycles. The van der Waals surface area contributed by atoms with E-state index in [1.54, 1.807) is 19.1 Å². The van der Waals surface area contributed by atoms with E-state index < -0.39 is 23.8 Å². The van der Waals surface area contributed by atoms with Gasteiger partial charge in [-0.1, -0.05) is 11.6 Å². The Morgan fingerprint density at radius 1 is 1.25 bits per heavy atom. The lowest BCUT2D eigenvalue weighted by atomic mass is 10.1. The number of nitrogens with zero attached hydrogens (tertiary/aromatic N) is 1. The Bertz CT molecular complexity index is 1080. The molecule has 3 rings (SSSR count). The van der Waals surface area contributed by atoms with Crippen LogP contribution in [0, 0.1) is 0 Å². The molecule has 10 nitrogen and oxygen atoms in total. The topological polar surface area (TPSA) is 124 Å². The minimum atomic E-state index is -0.854. The van der Waals surface area contributed by atoms with E-state index in [0.717, 1.165) is 4.90 Å². The summed E-state index contributed by atoms with van der Waals surface area (Å²) in [6.07, 6.45) is 2.68. The Balaban J connectivity index is 1.92. The van der Waals surface area contributed by atoms with E-state index >= 15 is 0 Å². The second-order valence-corrected chi connectivity index (χ2v) is 6.82. The second kappa shape index (κ2) is 10.0. The molecule has 0 radical (unpaired) electrons. The number of nitrogens with one attached hydrogen (secondary N) is 1. The predicted octanol–water partition coefficient (Wildman–Crippen LogP) is 2.55. The Hall–Kier alpha value is -3.79. The fourth-order valence-corrected chi connectivity index (χ4v) is 3.10. The van der Waals surface area contributed by atoms with E-state index in [0.29, 0.717) is 11.3 Å². The van der Waals surface area contributed by atoms with Gasteiger partial charge in [-0.15, -0.1) is 0 Å². The highest BCUT2D eigenvalue weighted by Crippen LogP contribution is 2.37. The molecule has 0 aliphatic carbocycles. The van der Waals surface area contributed by atoms with Crippen molar-refractivity contribution < 1.29 is 37.8 Å². The molecule has 32 heavy (non-hydrogen) atoms. The van der Waals surface area contributed by atoms with Crippen molar-refractivity contribution in [3.63, 3.8) is 0 Å². The Morgan fingerprint density at radius 3 is 2.69 bits per heavy atom. The van der Waals surface area contributed by atoms with Crippen LogP contribution in [-0.4, -0.2) is 49.0 Å². The van der Waals surface area contributed by atoms with Gasteiger partial charge in [0.1, 0.15) is 11.3 Å². The summed E-state index contributed by atoms with van der Waals surface area (Å²) in [4.78, 5) is 49.5. The average molecular weight is 463 g/mol. The highest BCUT2D eigenvalue weighted by Gasteiger charge is 2.36. The number of carbonyl (C=O) groups excluding carboxylic acids is 4. The smallest absolute Gasteiger partial charge is 0.343 e. The van der Waals surface area contributed by atoms with Gasteiger partial charge in [-0.2, -0.15) is 0 Å². The Morgan fingerprint density at radius 2 is 2.03 bits per heavy atom. The average Bonchev–Trinajstić information content (AvgIpc) is 3.27. The highest BCUT2D eigenvalue weighted by atomic mass is 35.5. The first kappa shape index (κ1) is 22.9. The van der Waals surface area contributed by atoms with Gasteiger partial charge >= 0.3 is 12.0 Å². The van der Waals surface area contributed by atoms with Crippen LogP contribution in [0.1, 0.15) is 18.2 Å². The first-order valence-corrected chi connectivity index (χ1v) is 9.79. The Labute approximate surface area is 187 Å². The summed E-state index contributed by atoms with van der Waals surface area (Å²) in [7, 11) is 1.22. The molecular formula is C21H19ClN2O8. The zero-order chi connectivity index (χ0) is 23.3. The summed E-state index contributed by atoms with van der Waals surface area (Å²) in [5.41, 5.74) is 0.0626. The number of amides is 4. The van der Waals surface area contributed by atoms with Gasteiger partial charge in [0, 0.05) is 0 Å². The maximum atomic E-state index is 12.8. The van der Waals surface area contributed by atoms with Crippen LogP contribution in [-0.2, 0) is 25.7 Å². The number of halogens is 1. The van der Waals surface area contributed by atoms with Crippen molar-refractivity contribution in [2.45, 2.75) is 13.5 Å². The third kappa shape index (κ3) is 5.09. The predicted molar refractivity (Wildman–Crippen MR) is 111 cm³/mol. The summed E-state index contributed by atoms with van der Waals surface area (Å²) in [5, 5.41) is 2.21. The summed E-state index contributed by atoms with van der Waals surface area (Å²) < 4.78 is 20.6. The molecular weight excluding hydrogens is 444 g/mol. The van der Waals surface area contributed by atoms with Crippen LogP contribution >= 0.6 is 11.6 Å². The molecule has 1 N–H and O–H groups in total. The first-order chi connectivity index (χ1) is 15.3. The number of furan rings is 1. The normalized spacial score (nSPS) is 15.0. The number of benzene rings is 1. The lowest BCUT2D eigenvalue weighted by molar-refractivity contribution is -0.143. The number of imide groups is 2. The molecule has 11 heteroatoms. The number of esters is 1. The summed E-state index contributed by atoms with van der Waals surface area (Å²) in [6.45, 7) is 1.46. The SMILES string of the molecule is CCOc1cc(/C=C2\C(=O)NC(=O)N(Cc3ccco3)C2=O)cc(Cl)c1OCC(=O)OC. The maximum absolute atomic E-state index is 12.8. The molecule has 168 valence electrons. The molecule has 2 heterocycles. The van der Waals surface area contributed by atoms with Crippen LogP contribution in [0.4, 0.5) is 4.79 Å². The van der Waals surface area contributed by atoms with E-state index in [1.807, 2.05) is 0 Å². The van der Waals surface area contributed by atoms with Gasteiger partial charge in [-0.25, -0.2) is 9.59 Å². The molecule has 0 unspecified atom stereocenters. The minimum Gasteiger partial charge on any atom is -0.490 e. The lowest BCUT2D eigenvalue weighted by Crippen LogP contribution is -2.53. The monoisotopic (exact) mass is 462 g/mol. The number of barbiturate groups is 1. The third-order valence-corrected chi connectivity index (χ3v) is 4.57. The number of hydrogen-bond donors (Lipinski definition) is 1. The van der Waals surface area contributed by atoms with Crippen LogP contribution in [0.2, 0.25) is 5.02 Å². The highest BCUT2D eigenvalue weighted by molar-refractivity contribution is 6.33. The molecule has 1 saturated heterocycles. The maximum Gasteiger partial charge on any atom is 0.343 e. The number of rotatable bonds is 8. The fraction of sp³-hybridized carbons (Fsp3) is 0.238. The first-order valence-electron chi connectivity index (χ1n) is 9.41. The molecule has 1 aliphatic heterocycles. The van der Waals surface area contributed by atoms with Gasteiger partial charge in [-0.05, 0) is 42.8 Å². The number of hydrogen-bond acceptors (Lipinski definition) is 8. The fourth-order valence-electron chi connectivity index (χ4n) is 2.83. The van der Waals surface area contributed by atoms with Crippen molar-refractivity contribution in [1.29, 1.82) is 0 Å². The van der Waals surface area contributed by atoms with Gasteiger partial charge in [0.25, 0.3) is 11.8 Å². The van der Waals surface area contributed by atoms with Crippen molar-refractivity contribution >= 4 is 41.5 Å². The lowest BCUT2D eigenvalue weighted by Gasteiger charge is -2.25. The Kier molecular flexibility index (Phi) is 7.16. The minimum absolute atomic E-state index is 0.0823. The quantitative estimate of drug-likeness (QED) is 0.360. The zero-order valence-corrected chi connectivity index (χ0v) is 17.9. The van der Waals surface area contributed by atoms with Crippen molar-refractivity contribution in [3.05, 3.63) is 52.4 Å². The van der Waals surface area contributed by atoms with Crippen LogP contribution in [0.5, 0.6) is 11.5 Å². The van der Waals surface area contributed by atoms with E-state index in [4.69, 9.17) is 25.5 Å². The van der Waals surface area contributed by atoms with E-state index in [9.17, 15) is 19.2 Å². The summed E-state index contributed by atoms with van der Waals surface area (Å²) >= 11 is 6.29. The van der Waals surface area contributed by atoms with Crippen LogP contribution < -0.4 is 14.8 Å². The van der Waals surface area contributed by atoms with Gasteiger partial charge in [0.2, 0.25) is 0 Å². The summed E-state index contributed by atoms with van der Waals surface area (Å²) in [6, 6.07) is 5.28. The van der Waals surface area contributed by atoms with E-state index in [1.165, 1.54) is 31.6 Å². The molecule has 0 bridgehead atoms. The van der Waals surface area contributed by atoms with Crippen LogP contribution in [0.15, 0.2) is 40.5 Å². The number of carbonyl (C=O) groups is 4. The molecule has 1 aliphatic rings. The van der Waals surface area contributed by atoms with E-state index in [2.05, 4.69) is 10.1 Å². The standard InChI is InChI=1S/C21H19ClN2O8/c1-3-30-16-9-12(8-15(22)18(16)32-11-17(25)29-2)7-14-19(26)23-21(28)24(20(14)27)10-13-5-4-6-31-13/h4-9H,3,10-11H2,1-2H3,(H,23,26,28)/b14-7+. The summed E-state index contributed by atoms with van der Waals surface area (Å²) in [5.74, 6) is -1.58. The second-order valence-electron chi connectivity index (χ2n) is 6.42. The number of methoxy groups -OCH3 is 1. The third-order valence-electron chi connectivity index (χ3n) is 4.28. The molecule has 2 aromatic rings. The number of urea groups is 1. The van der Waals surface area contributed by atoms with Crippen LogP contribution in [0.3, 0.4) is 0 Å². The number of ether oxygens (including phenoxy) is 3. The van der Waals surface area contributed by atoms with Gasteiger partial charge in [-0.3, -0.25) is 19.8 Å². The van der Waals surface area contributed by atoms with Crippen molar-refractivity contribution in [3.8, 4) is 11.5 Å². The van der Waals surface area contributed by atoms with Crippen molar-refractivity contribution in [1.82, 2.24) is 10.2 Å². The molecule has 1 aromatic heterocycles. The van der Waals surface area contributed by atoms with Crippen molar-refractivity contribution in [2.75, 3.05) is 20.3 Å². The zero-order valence-electron chi connectivity index (χ0n) is 17.2. The molecule has 1 aromatic carbocycles. The van der Waals surface area contributed by atoms with Gasteiger partial charge in [0.15, 0.2) is 18.1 Å². The molecule has 0 spiro atoms. The van der Waals surface area contributed by atoms with Crippen LogP contribution in [0.25, 0.3) is 6.08 Å². The van der Waals surface area contributed by atoms with E-state index in [-0.39, 0.29) is 41.9 Å². The van der Waals surface area contributed by atoms with Gasteiger partial charge < -0.3 is 18.6 Å². The van der Waals surface area contributed by atoms with Gasteiger partial charge in [0.05, 0.1) is 31.5 Å². The molecule has 1 fully saturated rings. The molecule has 4 amide bonds.